The second-order valence-corrected chi connectivity index (χ2v) is 6.28. The van der Waals surface area contributed by atoms with Crippen molar-refractivity contribution in [2.24, 2.45) is 0 Å². The van der Waals surface area contributed by atoms with E-state index in [-0.39, 0.29) is 0 Å². The van der Waals surface area contributed by atoms with Gasteiger partial charge in [-0.05, 0) is 27.3 Å². The fourth-order valence-electron chi connectivity index (χ4n) is 1.96. The van der Waals surface area contributed by atoms with Gasteiger partial charge in [0.05, 0.1) is 17.9 Å². The van der Waals surface area contributed by atoms with Crippen LogP contribution in [0.5, 0.6) is 0 Å². The molecule has 0 aliphatic carbocycles. The number of aromatic nitrogens is 2. The Kier molecular flexibility index (Phi) is 5.96. The summed E-state index contributed by atoms with van der Waals surface area (Å²) in [4.78, 5) is 0.319. The minimum absolute atomic E-state index is 0.319. The van der Waals surface area contributed by atoms with Gasteiger partial charge in [0, 0.05) is 13.1 Å². The Morgan fingerprint density at radius 2 is 1.95 bits per heavy atom. The molecule has 1 rings (SSSR count). The molecular formula is C12H24N4O2S. The molecule has 0 atom stereocenters. The molecule has 0 aromatic carbocycles. The van der Waals surface area contributed by atoms with Gasteiger partial charge in [0.1, 0.15) is 4.90 Å². The van der Waals surface area contributed by atoms with E-state index in [1.807, 2.05) is 14.0 Å². The predicted octanol–water partition coefficient (Wildman–Crippen LogP) is 0.798. The van der Waals surface area contributed by atoms with Crippen LogP contribution in [0.1, 0.15) is 31.2 Å². The molecule has 0 bridgehead atoms. The van der Waals surface area contributed by atoms with Gasteiger partial charge in [-0.1, -0.05) is 13.3 Å². The van der Waals surface area contributed by atoms with Crippen molar-refractivity contribution >= 4 is 10.0 Å². The first kappa shape index (κ1) is 16.1. The highest BCUT2D eigenvalue weighted by Crippen LogP contribution is 2.19. The number of nitrogens with one attached hydrogen (secondary N) is 2. The summed E-state index contributed by atoms with van der Waals surface area (Å²) in [5, 5.41) is 7.33. The topological polar surface area (TPSA) is 76.0 Å². The Bertz CT molecular complexity index is 508. The smallest absolute Gasteiger partial charge is 0.244 e. The summed E-state index contributed by atoms with van der Waals surface area (Å²) in [7, 11) is -1.60. The Morgan fingerprint density at radius 1 is 1.26 bits per heavy atom. The number of nitrogens with zero attached hydrogens (tertiary/aromatic N) is 2. The van der Waals surface area contributed by atoms with Crippen LogP contribution in [0.15, 0.2) is 4.90 Å². The van der Waals surface area contributed by atoms with Gasteiger partial charge in [-0.3, -0.25) is 4.68 Å². The number of hydrogen-bond acceptors (Lipinski definition) is 4. The van der Waals surface area contributed by atoms with Crippen molar-refractivity contribution in [3.63, 3.8) is 0 Å². The minimum Gasteiger partial charge on any atom is -0.318 e. The summed E-state index contributed by atoms with van der Waals surface area (Å²) < 4.78 is 28.9. The molecule has 0 saturated heterocycles. The number of likely N-dealkylation sites (N-methyl/N-ethyl adjacent to an activating group) is 1. The maximum absolute atomic E-state index is 12.3. The molecule has 7 heteroatoms. The van der Waals surface area contributed by atoms with Gasteiger partial charge < -0.3 is 5.32 Å². The van der Waals surface area contributed by atoms with Crippen molar-refractivity contribution in [2.45, 2.75) is 45.1 Å². The van der Waals surface area contributed by atoms with Crippen LogP contribution in [0, 0.1) is 13.8 Å². The number of aryl methyl sites for hydroxylation is 1. The van der Waals surface area contributed by atoms with Crippen molar-refractivity contribution in [3.05, 3.63) is 11.4 Å². The average molecular weight is 288 g/mol. The van der Waals surface area contributed by atoms with E-state index in [1.54, 1.807) is 18.5 Å². The molecule has 1 aromatic rings. The zero-order valence-electron chi connectivity index (χ0n) is 12.2. The number of hydrogen-bond donors (Lipinski definition) is 2. The minimum atomic E-state index is -3.45. The normalized spacial score (nSPS) is 12.0. The largest absolute Gasteiger partial charge is 0.318 e. The number of rotatable bonds is 8. The molecule has 2 N–H and O–H groups in total. The van der Waals surface area contributed by atoms with Gasteiger partial charge in [0.2, 0.25) is 10.0 Å². The molecule has 0 aliphatic heterocycles. The van der Waals surface area contributed by atoms with Crippen molar-refractivity contribution in [1.82, 2.24) is 19.8 Å². The molecule has 0 fully saturated rings. The lowest BCUT2D eigenvalue weighted by Gasteiger charge is -2.07. The van der Waals surface area contributed by atoms with Crippen LogP contribution < -0.4 is 10.0 Å². The highest BCUT2D eigenvalue weighted by atomic mass is 32.2. The summed E-state index contributed by atoms with van der Waals surface area (Å²) in [5.41, 5.74) is 1.24. The lowest BCUT2D eigenvalue weighted by molar-refractivity contribution is 0.563. The molecular weight excluding hydrogens is 264 g/mol. The first-order chi connectivity index (χ1) is 8.94. The lowest BCUT2D eigenvalue weighted by atomic mass is 10.3. The van der Waals surface area contributed by atoms with Crippen LogP contribution in [0.2, 0.25) is 0 Å². The van der Waals surface area contributed by atoms with Gasteiger partial charge in [-0.25, -0.2) is 13.1 Å². The zero-order chi connectivity index (χ0) is 14.5. The summed E-state index contributed by atoms with van der Waals surface area (Å²) >= 11 is 0. The molecule has 1 aromatic heterocycles. The fraction of sp³-hybridized carbons (Fsp3) is 0.750. The number of unbranched alkanes of at least 4 members (excludes halogenated alkanes) is 1. The molecule has 19 heavy (non-hydrogen) atoms. The Labute approximate surface area is 115 Å². The molecule has 0 radical (unpaired) electrons. The molecule has 0 aliphatic rings. The summed E-state index contributed by atoms with van der Waals surface area (Å²) in [6, 6.07) is 0. The molecule has 1 heterocycles. The van der Waals surface area contributed by atoms with Crippen molar-refractivity contribution in [3.8, 4) is 0 Å². The van der Waals surface area contributed by atoms with Crippen LogP contribution in [-0.2, 0) is 16.6 Å². The third kappa shape index (κ3) is 4.02. The van der Waals surface area contributed by atoms with Gasteiger partial charge >= 0.3 is 0 Å². The maximum Gasteiger partial charge on any atom is 0.244 e. The van der Waals surface area contributed by atoms with E-state index in [2.05, 4.69) is 15.1 Å². The molecule has 110 valence electrons. The lowest BCUT2D eigenvalue weighted by Crippen LogP contribution is -2.26. The van der Waals surface area contributed by atoms with E-state index in [9.17, 15) is 8.42 Å². The molecule has 6 nitrogen and oxygen atoms in total. The SMILES string of the molecule is CCCCNS(=O)(=O)c1c(C)nn(CCNC)c1C. The van der Waals surface area contributed by atoms with E-state index in [0.29, 0.717) is 29.4 Å². The quantitative estimate of drug-likeness (QED) is 0.694. The summed E-state index contributed by atoms with van der Waals surface area (Å²) in [6.45, 7) is 7.44. The van der Waals surface area contributed by atoms with E-state index in [4.69, 9.17) is 0 Å². The van der Waals surface area contributed by atoms with E-state index in [1.165, 1.54) is 0 Å². The maximum atomic E-state index is 12.3. The first-order valence-corrected chi connectivity index (χ1v) is 8.10. The molecule has 0 saturated carbocycles. The average Bonchev–Trinajstić information content (AvgIpc) is 2.62. The van der Waals surface area contributed by atoms with Crippen molar-refractivity contribution in [1.29, 1.82) is 0 Å². The summed E-state index contributed by atoms with van der Waals surface area (Å²) in [5.74, 6) is 0. The van der Waals surface area contributed by atoms with Gasteiger partial charge in [-0.15, -0.1) is 0 Å². The molecule has 0 amide bonds. The standard InChI is InChI=1S/C12H24N4O2S/c1-5-6-7-14-19(17,18)12-10(2)15-16(11(12)3)9-8-13-4/h13-14H,5-9H2,1-4H3. The Balaban J connectivity index is 2.96. The van der Waals surface area contributed by atoms with Crippen molar-refractivity contribution in [2.75, 3.05) is 20.1 Å². The van der Waals surface area contributed by atoms with E-state index < -0.39 is 10.0 Å². The fourth-order valence-corrected chi connectivity index (χ4v) is 3.44. The molecule has 0 unspecified atom stereocenters. The van der Waals surface area contributed by atoms with Gasteiger partial charge in [0.25, 0.3) is 0 Å². The van der Waals surface area contributed by atoms with Crippen LogP contribution >= 0.6 is 0 Å². The molecule has 0 spiro atoms. The highest BCUT2D eigenvalue weighted by molar-refractivity contribution is 7.89. The number of sulfonamides is 1. The third-order valence-corrected chi connectivity index (χ3v) is 4.69. The monoisotopic (exact) mass is 288 g/mol. The predicted molar refractivity (Wildman–Crippen MR) is 75.7 cm³/mol. The van der Waals surface area contributed by atoms with E-state index >= 15 is 0 Å². The van der Waals surface area contributed by atoms with Crippen LogP contribution in [-0.4, -0.2) is 38.3 Å². The van der Waals surface area contributed by atoms with E-state index in [0.717, 1.165) is 19.4 Å². The second-order valence-electron chi connectivity index (χ2n) is 4.58. The van der Waals surface area contributed by atoms with Crippen molar-refractivity contribution < 1.29 is 8.42 Å². The highest BCUT2D eigenvalue weighted by Gasteiger charge is 2.23. The Morgan fingerprint density at radius 3 is 2.53 bits per heavy atom. The second kappa shape index (κ2) is 7.02. The Hall–Kier alpha value is -0.920. The third-order valence-electron chi connectivity index (χ3n) is 2.98. The van der Waals surface area contributed by atoms with Crippen LogP contribution in [0.3, 0.4) is 0 Å². The van der Waals surface area contributed by atoms with Gasteiger partial charge in [-0.2, -0.15) is 5.10 Å². The zero-order valence-corrected chi connectivity index (χ0v) is 13.0. The van der Waals surface area contributed by atoms with Crippen LogP contribution in [0.25, 0.3) is 0 Å². The van der Waals surface area contributed by atoms with Crippen LogP contribution in [0.4, 0.5) is 0 Å². The first-order valence-electron chi connectivity index (χ1n) is 6.62. The van der Waals surface area contributed by atoms with Gasteiger partial charge in [0.15, 0.2) is 0 Å². The summed E-state index contributed by atoms with van der Waals surface area (Å²) in [6.07, 6.45) is 1.80.